The zero-order chi connectivity index (χ0) is 14.0. The molecule has 1 amide bonds. The van der Waals surface area contributed by atoms with Crippen LogP contribution in [0.5, 0.6) is 0 Å². The maximum absolute atomic E-state index is 11.6. The van der Waals surface area contributed by atoms with Crippen LogP contribution in [0.4, 0.5) is 4.79 Å². The average molecular weight is 347 g/mol. The van der Waals surface area contributed by atoms with E-state index in [9.17, 15) is 4.79 Å². The number of thiophene rings is 1. The van der Waals surface area contributed by atoms with Crippen molar-refractivity contribution in [2.45, 2.75) is 51.4 Å². The lowest BCUT2D eigenvalue weighted by Gasteiger charge is -2.19. The van der Waals surface area contributed by atoms with Gasteiger partial charge in [-0.2, -0.15) is 0 Å². The largest absolute Gasteiger partial charge is 0.444 e. The van der Waals surface area contributed by atoms with Gasteiger partial charge in [-0.3, -0.25) is 0 Å². The third kappa shape index (κ3) is 4.78. The van der Waals surface area contributed by atoms with Gasteiger partial charge in [-0.15, -0.1) is 11.3 Å². The van der Waals surface area contributed by atoms with Gasteiger partial charge in [-0.1, -0.05) is 0 Å². The van der Waals surface area contributed by atoms with Crippen molar-refractivity contribution in [1.82, 2.24) is 10.6 Å². The number of ether oxygens (including phenoxy) is 1. The lowest BCUT2D eigenvalue weighted by molar-refractivity contribution is 0.0522. The highest BCUT2D eigenvalue weighted by Crippen LogP contribution is 2.26. The normalized spacial score (nSPS) is 22.1. The molecule has 6 heteroatoms. The molecule has 0 saturated heterocycles. The van der Waals surface area contributed by atoms with E-state index >= 15 is 0 Å². The molecule has 1 aromatic heterocycles. The fourth-order valence-corrected chi connectivity index (χ4v) is 3.16. The lowest BCUT2D eigenvalue weighted by Crippen LogP contribution is -2.36. The van der Waals surface area contributed by atoms with Crippen LogP contribution in [-0.4, -0.2) is 23.8 Å². The van der Waals surface area contributed by atoms with Crippen molar-refractivity contribution in [1.29, 1.82) is 0 Å². The summed E-state index contributed by atoms with van der Waals surface area (Å²) in [6.45, 7) is 6.42. The zero-order valence-corrected chi connectivity index (χ0v) is 13.7. The summed E-state index contributed by atoms with van der Waals surface area (Å²) in [6.07, 6.45) is 0.626. The summed E-state index contributed by atoms with van der Waals surface area (Å²) in [4.78, 5) is 12.9. The monoisotopic (exact) mass is 346 g/mol. The van der Waals surface area contributed by atoms with Crippen LogP contribution in [0.15, 0.2) is 15.9 Å². The molecule has 4 nitrogen and oxygen atoms in total. The Labute approximate surface area is 126 Å². The number of hydrogen-bond acceptors (Lipinski definition) is 4. The Hall–Kier alpha value is -0.590. The summed E-state index contributed by atoms with van der Waals surface area (Å²) in [5, 5.41) is 8.36. The molecule has 106 valence electrons. The molecule has 19 heavy (non-hydrogen) atoms. The molecular weight excluding hydrogens is 328 g/mol. The summed E-state index contributed by atoms with van der Waals surface area (Å²) in [5.41, 5.74) is -0.441. The van der Waals surface area contributed by atoms with Gasteiger partial charge in [0.15, 0.2) is 0 Å². The van der Waals surface area contributed by atoms with Crippen LogP contribution in [0.25, 0.3) is 0 Å². The first-order valence-electron chi connectivity index (χ1n) is 6.30. The van der Waals surface area contributed by atoms with Crippen molar-refractivity contribution in [2.75, 3.05) is 0 Å². The van der Waals surface area contributed by atoms with Crippen molar-refractivity contribution < 1.29 is 9.53 Å². The van der Waals surface area contributed by atoms with Crippen LogP contribution in [0.1, 0.15) is 32.1 Å². The fourth-order valence-electron chi connectivity index (χ4n) is 1.71. The van der Waals surface area contributed by atoms with Crippen molar-refractivity contribution in [2.24, 2.45) is 0 Å². The molecular formula is C13H19BrN2O2S. The van der Waals surface area contributed by atoms with Gasteiger partial charge in [-0.05, 0) is 54.6 Å². The first kappa shape index (κ1) is 14.8. The Morgan fingerprint density at radius 1 is 1.53 bits per heavy atom. The molecule has 1 aromatic rings. The van der Waals surface area contributed by atoms with Gasteiger partial charge in [-0.25, -0.2) is 4.79 Å². The molecule has 2 rings (SSSR count). The fraction of sp³-hybridized carbons (Fsp3) is 0.615. The van der Waals surface area contributed by atoms with Crippen LogP contribution in [0, 0.1) is 0 Å². The maximum atomic E-state index is 11.6. The SMILES string of the molecule is CC(C)(C)OC(=O)NC1CC1NCc1sccc1Br. The summed E-state index contributed by atoms with van der Waals surface area (Å²) < 4.78 is 6.36. The van der Waals surface area contributed by atoms with E-state index in [1.807, 2.05) is 26.8 Å². The lowest BCUT2D eigenvalue weighted by atomic mass is 10.2. The number of carbonyl (C=O) groups excluding carboxylic acids is 1. The van der Waals surface area contributed by atoms with Gasteiger partial charge >= 0.3 is 6.09 Å². The van der Waals surface area contributed by atoms with E-state index in [1.54, 1.807) is 11.3 Å². The van der Waals surface area contributed by atoms with E-state index in [-0.39, 0.29) is 12.1 Å². The molecule has 2 unspecified atom stereocenters. The molecule has 1 fully saturated rings. The Bertz CT molecular complexity index is 456. The van der Waals surface area contributed by atoms with Gasteiger partial charge in [0.1, 0.15) is 5.60 Å². The molecule has 1 aliphatic rings. The topological polar surface area (TPSA) is 50.4 Å². The predicted octanol–water partition coefficient (Wildman–Crippen LogP) is 3.27. The molecule has 0 spiro atoms. The van der Waals surface area contributed by atoms with E-state index in [0.717, 1.165) is 17.4 Å². The van der Waals surface area contributed by atoms with Crippen LogP contribution >= 0.6 is 27.3 Å². The number of amides is 1. The smallest absolute Gasteiger partial charge is 0.407 e. The van der Waals surface area contributed by atoms with E-state index < -0.39 is 5.60 Å². The quantitative estimate of drug-likeness (QED) is 0.879. The Morgan fingerprint density at radius 2 is 2.26 bits per heavy atom. The minimum atomic E-state index is -0.441. The highest BCUT2D eigenvalue weighted by molar-refractivity contribution is 9.10. The summed E-state index contributed by atoms with van der Waals surface area (Å²) in [6, 6.07) is 2.58. The van der Waals surface area contributed by atoms with Gasteiger partial charge in [0.25, 0.3) is 0 Å². The van der Waals surface area contributed by atoms with Gasteiger partial charge in [0.05, 0.1) is 0 Å². The molecule has 0 bridgehead atoms. The van der Waals surface area contributed by atoms with Gasteiger partial charge in [0.2, 0.25) is 0 Å². The van der Waals surface area contributed by atoms with E-state index in [4.69, 9.17) is 4.74 Å². The minimum absolute atomic E-state index is 0.189. The predicted molar refractivity (Wildman–Crippen MR) is 80.4 cm³/mol. The standard InChI is InChI=1S/C13H19BrN2O2S/c1-13(2,3)18-12(17)16-10-6-9(10)15-7-11-8(14)4-5-19-11/h4-5,9-10,15H,6-7H2,1-3H3,(H,16,17). The van der Waals surface area contributed by atoms with Crippen molar-refractivity contribution >= 4 is 33.4 Å². The number of rotatable bonds is 4. The number of carbonyl (C=O) groups is 1. The van der Waals surface area contributed by atoms with Gasteiger partial charge < -0.3 is 15.4 Å². The number of hydrogen-bond donors (Lipinski definition) is 2. The van der Waals surface area contributed by atoms with E-state index in [1.165, 1.54) is 4.88 Å². The Balaban J connectivity index is 1.68. The number of halogens is 1. The summed E-state index contributed by atoms with van der Waals surface area (Å²) >= 11 is 5.23. The number of nitrogens with one attached hydrogen (secondary N) is 2. The summed E-state index contributed by atoms with van der Waals surface area (Å²) in [7, 11) is 0. The van der Waals surface area contributed by atoms with Crippen LogP contribution < -0.4 is 10.6 Å². The van der Waals surface area contributed by atoms with Crippen molar-refractivity contribution in [3.8, 4) is 0 Å². The molecule has 0 radical (unpaired) electrons. The average Bonchev–Trinajstić information content (AvgIpc) is 2.85. The second-order valence-electron chi connectivity index (χ2n) is 5.67. The third-order valence-electron chi connectivity index (χ3n) is 2.71. The van der Waals surface area contributed by atoms with Crippen molar-refractivity contribution in [3.05, 3.63) is 20.8 Å². The molecule has 1 heterocycles. The first-order valence-corrected chi connectivity index (χ1v) is 7.97. The third-order valence-corrected chi connectivity index (χ3v) is 4.63. The van der Waals surface area contributed by atoms with Crippen LogP contribution in [0.2, 0.25) is 0 Å². The minimum Gasteiger partial charge on any atom is -0.444 e. The molecule has 0 aromatic carbocycles. The molecule has 0 aliphatic heterocycles. The molecule has 1 saturated carbocycles. The number of alkyl carbamates (subject to hydrolysis) is 1. The Kier molecular flexibility index (Phi) is 4.53. The molecule has 1 aliphatic carbocycles. The van der Waals surface area contributed by atoms with E-state index in [2.05, 4.69) is 31.9 Å². The van der Waals surface area contributed by atoms with Crippen LogP contribution in [0.3, 0.4) is 0 Å². The van der Waals surface area contributed by atoms with Crippen molar-refractivity contribution in [3.63, 3.8) is 0 Å². The van der Waals surface area contributed by atoms with E-state index in [0.29, 0.717) is 6.04 Å². The highest BCUT2D eigenvalue weighted by Gasteiger charge is 2.38. The molecule has 2 N–H and O–H groups in total. The first-order chi connectivity index (χ1) is 8.85. The van der Waals surface area contributed by atoms with Crippen LogP contribution in [-0.2, 0) is 11.3 Å². The second-order valence-corrected chi connectivity index (χ2v) is 7.52. The summed E-state index contributed by atoms with van der Waals surface area (Å²) in [5.74, 6) is 0. The second kappa shape index (κ2) is 5.81. The maximum Gasteiger partial charge on any atom is 0.407 e. The molecule has 2 atom stereocenters. The highest BCUT2D eigenvalue weighted by atomic mass is 79.9. The van der Waals surface area contributed by atoms with Gasteiger partial charge in [0, 0.05) is 28.0 Å². The zero-order valence-electron chi connectivity index (χ0n) is 11.3. The Morgan fingerprint density at radius 3 is 2.84 bits per heavy atom.